The average Bonchev–Trinajstić information content (AvgIpc) is 2.95. The van der Waals surface area contributed by atoms with Gasteiger partial charge in [-0.25, -0.2) is 0 Å². The molecule has 0 aliphatic rings. The molecule has 0 aromatic heterocycles. The molecule has 39 heavy (non-hydrogen) atoms. The van der Waals surface area contributed by atoms with Crippen LogP contribution in [-0.2, 0) is 22.6 Å². The minimum absolute atomic E-state index is 0.0286. The highest BCUT2D eigenvalue weighted by molar-refractivity contribution is 6.36. The van der Waals surface area contributed by atoms with Crippen LogP contribution in [-0.4, -0.2) is 50.1 Å². The number of benzene rings is 3. The van der Waals surface area contributed by atoms with Crippen LogP contribution in [0.15, 0.2) is 66.7 Å². The van der Waals surface area contributed by atoms with E-state index in [1.54, 1.807) is 36.4 Å². The molecule has 0 radical (unpaired) electrons. The van der Waals surface area contributed by atoms with Crippen LogP contribution in [0.2, 0.25) is 10.0 Å². The van der Waals surface area contributed by atoms with Crippen molar-refractivity contribution in [2.24, 2.45) is 0 Å². The van der Waals surface area contributed by atoms with Gasteiger partial charge >= 0.3 is 0 Å². The lowest BCUT2D eigenvalue weighted by Crippen LogP contribution is -2.52. The van der Waals surface area contributed by atoms with Gasteiger partial charge in [-0.3, -0.25) is 9.59 Å². The number of carbonyl (C=O) groups excluding carboxylic acids is 2. The van der Waals surface area contributed by atoms with E-state index in [0.717, 1.165) is 18.4 Å². The molecule has 7 nitrogen and oxygen atoms in total. The van der Waals surface area contributed by atoms with Crippen molar-refractivity contribution in [3.8, 4) is 17.2 Å². The van der Waals surface area contributed by atoms with Crippen molar-refractivity contribution in [2.75, 3.05) is 27.4 Å². The first-order valence-electron chi connectivity index (χ1n) is 12.8. The number of carbonyl (C=O) groups is 2. The molecule has 0 saturated carbocycles. The van der Waals surface area contributed by atoms with Gasteiger partial charge in [-0.2, -0.15) is 0 Å². The van der Waals surface area contributed by atoms with E-state index in [1.165, 1.54) is 19.1 Å². The number of halogens is 2. The number of amides is 2. The van der Waals surface area contributed by atoms with Crippen LogP contribution >= 0.6 is 23.2 Å². The molecule has 0 fully saturated rings. The molecule has 1 unspecified atom stereocenters. The normalized spacial score (nSPS) is 11.4. The molecule has 1 atom stereocenters. The summed E-state index contributed by atoms with van der Waals surface area (Å²) in [6.45, 7) is 2.26. The van der Waals surface area contributed by atoms with Crippen molar-refractivity contribution < 1.29 is 23.8 Å². The summed E-state index contributed by atoms with van der Waals surface area (Å²) in [5, 5.41) is 3.80. The smallest absolute Gasteiger partial charge is 0.261 e. The highest BCUT2D eigenvalue weighted by Crippen LogP contribution is 2.29. The minimum atomic E-state index is -0.826. The van der Waals surface area contributed by atoms with Crippen LogP contribution in [0, 0.1) is 0 Å². The van der Waals surface area contributed by atoms with Crippen LogP contribution in [0.1, 0.15) is 30.9 Å². The zero-order chi connectivity index (χ0) is 28.2. The molecule has 9 heteroatoms. The van der Waals surface area contributed by atoms with Crippen molar-refractivity contribution in [3.05, 3.63) is 87.9 Å². The summed E-state index contributed by atoms with van der Waals surface area (Å²) < 4.78 is 16.5. The standard InChI is InChI=1S/C30H34Cl2N2O5/c1-4-5-14-33-30(36)28(15-21-10-7-6-8-11-21)34(19-25-26(31)12-9-13-27(25)32)29(35)20-39-24-17-22(37-2)16-23(18-24)38-3/h6-13,16-18,28H,4-5,14-15,19-20H2,1-3H3,(H,33,36). The molecule has 0 heterocycles. The van der Waals surface area contributed by atoms with E-state index in [4.69, 9.17) is 37.4 Å². The Kier molecular flexibility index (Phi) is 11.8. The van der Waals surface area contributed by atoms with Gasteiger partial charge in [0.1, 0.15) is 23.3 Å². The van der Waals surface area contributed by atoms with Crippen molar-refractivity contribution in [1.29, 1.82) is 0 Å². The molecule has 3 rings (SSSR count). The highest BCUT2D eigenvalue weighted by Gasteiger charge is 2.31. The first-order chi connectivity index (χ1) is 18.9. The van der Waals surface area contributed by atoms with Gasteiger partial charge in [-0.1, -0.05) is 72.9 Å². The van der Waals surface area contributed by atoms with E-state index in [9.17, 15) is 9.59 Å². The fraction of sp³-hybridized carbons (Fsp3) is 0.333. The van der Waals surface area contributed by atoms with Gasteiger partial charge in [0, 0.05) is 53.3 Å². The van der Waals surface area contributed by atoms with E-state index in [2.05, 4.69) is 5.32 Å². The Balaban J connectivity index is 1.95. The zero-order valence-corrected chi connectivity index (χ0v) is 23.9. The summed E-state index contributed by atoms with van der Waals surface area (Å²) in [6.07, 6.45) is 2.06. The number of rotatable bonds is 14. The minimum Gasteiger partial charge on any atom is -0.496 e. The van der Waals surface area contributed by atoms with Crippen LogP contribution in [0.3, 0.4) is 0 Å². The summed E-state index contributed by atoms with van der Waals surface area (Å²) in [7, 11) is 3.06. The van der Waals surface area contributed by atoms with Gasteiger partial charge in [0.25, 0.3) is 5.91 Å². The maximum Gasteiger partial charge on any atom is 0.261 e. The summed E-state index contributed by atoms with van der Waals surface area (Å²) >= 11 is 13.0. The molecule has 3 aromatic rings. The molecule has 208 valence electrons. The maximum absolute atomic E-state index is 13.8. The monoisotopic (exact) mass is 572 g/mol. The second kappa shape index (κ2) is 15.2. The highest BCUT2D eigenvalue weighted by atomic mass is 35.5. The largest absolute Gasteiger partial charge is 0.496 e. The van der Waals surface area contributed by atoms with Crippen LogP contribution in [0.5, 0.6) is 17.2 Å². The molecular weight excluding hydrogens is 539 g/mol. The van der Waals surface area contributed by atoms with Crippen molar-refractivity contribution >= 4 is 35.0 Å². The first kappa shape index (κ1) is 30.1. The molecule has 1 N–H and O–H groups in total. The quantitative estimate of drug-likeness (QED) is 0.242. The number of ether oxygens (including phenoxy) is 3. The number of unbranched alkanes of at least 4 members (excludes halogenated alkanes) is 1. The fourth-order valence-corrected chi connectivity index (χ4v) is 4.52. The second-order valence-electron chi connectivity index (χ2n) is 8.91. The Labute approximate surface area is 240 Å². The SMILES string of the molecule is CCCCNC(=O)C(Cc1ccccc1)N(Cc1c(Cl)cccc1Cl)C(=O)COc1cc(OC)cc(OC)c1. The summed E-state index contributed by atoms with van der Waals surface area (Å²) in [5.41, 5.74) is 1.46. The van der Waals surface area contributed by atoms with Crippen molar-refractivity contribution in [3.63, 3.8) is 0 Å². The molecule has 0 spiro atoms. The number of methoxy groups -OCH3 is 2. The number of nitrogens with one attached hydrogen (secondary N) is 1. The average molecular weight is 574 g/mol. The Morgan fingerprint density at radius 2 is 1.51 bits per heavy atom. The fourth-order valence-electron chi connectivity index (χ4n) is 4.01. The summed E-state index contributed by atoms with van der Waals surface area (Å²) in [6, 6.07) is 18.9. The molecule has 0 saturated heterocycles. The number of hydrogen-bond donors (Lipinski definition) is 1. The summed E-state index contributed by atoms with van der Waals surface area (Å²) in [5.74, 6) is 0.774. The van der Waals surface area contributed by atoms with Crippen LogP contribution in [0.4, 0.5) is 0 Å². The topological polar surface area (TPSA) is 77.1 Å². The van der Waals surface area contributed by atoms with E-state index in [1.807, 2.05) is 37.3 Å². The Hall–Kier alpha value is -3.42. The third-order valence-corrected chi connectivity index (χ3v) is 6.89. The van der Waals surface area contributed by atoms with Gasteiger partial charge in [0.15, 0.2) is 6.61 Å². The molecule has 0 bridgehead atoms. The second-order valence-corrected chi connectivity index (χ2v) is 9.72. The maximum atomic E-state index is 13.8. The van der Waals surface area contributed by atoms with E-state index in [0.29, 0.717) is 45.8 Å². The molecule has 2 amide bonds. The third-order valence-electron chi connectivity index (χ3n) is 6.18. The predicted octanol–water partition coefficient (Wildman–Crippen LogP) is 5.95. The molecule has 0 aliphatic carbocycles. The lowest BCUT2D eigenvalue weighted by Gasteiger charge is -2.32. The van der Waals surface area contributed by atoms with Crippen molar-refractivity contribution in [1.82, 2.24) is 10.2 Å². The Morgan fingerprint density at radius 1 is 0.897 bits per heavy atom. The molecule has 3 aromatic carbocycles. The number of hydrogen-bond acceptors (Lipinski definition) is 5. The molecule has 0 aliphatic heterocycles. The van der Waals surface area contributed by atoms with Gasteiger partial charge in [-0.05, 0) is 24.1 Å². The van der Waals surface area contributed by atoms with Crippen molar-refractivity contribution in [2.45, 2.75) is 38.8 Å². The van der Waals surface area contributed by atoms with Gasteiger partial charge < -0.3 is 24.4 Å². The Bertz CT molecular complexity index is 1200. The van der Waals surface area contributed by atoms with Gasteiger partial charge in [0.2, 0.25) is 5.91 Å². The zero-order valence-electron chi connectivity index (χ0n) is 22.4. The predicted molar refractivity (Wildman–Crippen MR) is 154 cm³/mol. The van der Waals surface area contributed by atoms with E-state index < -0.39 is 11.9 Å². The van der Waals surface area contributed by atoms with Crippen LogP contribution < -0.4 is 19.5 Å². The third kappa shape index (κ3) is 8.80. The lowest BCUT2D eigenvalue weighted by atomic mass is 10.0. The van der Waals surface area contributed by atoms with E-state index in [-0.39, 0.29) is 19.1 Å². The number of nitrogens with zero attached hydrogens (tertiary/aromatic N) is 1. The van der Waals surface area contributed by atoms with Crippen LogP contribution in [0.25, 0.3) is 0 Å². The lowest BCUT2D eigenvalue weighted by molar-refractivity contribution is -0.142. The first-order valence-corrected chi connectivity index (χ1v) is 13.5. The van der Waals surface area contributed by atoms with E-state index >= 15 is 0 Å². The Morgan fingerprint density at radius 3 is 2.10 bits per heavy atom. The summed E-state index contributed by atoms with van der Waals surface area (Å²) in [4.78, 5) is 28.8. The van der Waals surface area contributed by atoms with Gasteiger partial charge in [-0.15, -0.1) is 0 Å². The molecular formula is C30H34Cl2N2O5. The van der Waals surface area contributed by atoms with Gasteiger partial charge in [0.05, 0.1) is 14.2 Å².